The molecule has 0 fully saturated rings. The fourth-order valence-electron chi connectivity index (χ4n) is 4.47. The van der Waals surface area contributed by atoms with Gasteiger partial charge in [0.15, 0.2) is 0 Å². The first-order valence-electron chi connectivity index (χ1n) is 10.6. The molecule has 2 aromatic heterocycles. The normalized spacial score (nSPS) is 17.1. The van der Waals surface area contributed by atoms with Crippen molar-refractivity contribution in [2.24, 2.45) is 0 Å². The fraction of sp³-hybridized carbons (Fsp3) is 0.391. The number of hydrogen-bond donors (Lipinski definition) is 0. The zero-order valence-electron chi connectivity index (χ0n) is 18.9. The number of benzene rings is 1. The molecule has 1 aromatic carbocycles. The topological polar surface area (TPSA) is 88.7 Å². The Labute approximate surface area is 188 Å². The number of anilines is 1. The van der Waals surface area contributed by atoms with Crippen LogP contribution in [0.3, 0.4) is 0 Å². The average molecular weight is 457 g/mol. The Morgan fingerprint density at radius 1 is 1.25 bits per heavy atom. The van der Waals surface area contributed by atoms with Gasteiger partial charge in [0.1, 0.15) is 16.7 Å². The summed E-state index contributed by atoms with van der Waals surface area (Å²) in [6.45, 7) is 7.24. The van der Waals surface area contributed by atoms with Crippen LogP contribution in [0.15, 0.2) is 52.0 Å². The van der Waals surface area contributed by atoms with Gasteiger partial charge in [-0.15, -0.1) is 0 Å². The van der Waals surface area contributed by atoms with Crippen molar-refractivity contribution in [1.82, 2.24) is 14.1 Å². The maximum Gasteiger partial charge on any atom is 0.251 e. The van der Waals surface area contributed by atoms with Crippen LogP contribution < -0.4 is 4.90 Å². The maximum atomic E-state index is 13.5. The van der Waals surface area contributed by atoms with Crippen LogP contribution in [-0.2, 0) is 27.8 Å². The van der Waals surface area contributed by atoms with E-state index in [9.17, 15) is 13.2 Å². The number of aryl methyl sites for hydroxylation is 1. The van der Waals surface area contributed by atoms with Crippen molar-refractivity contribution in [1.29, 1.82) is 0 Å². The van der Waals surface area contributed by atoms with Gasteiger partial charge >= 0.3 is 0 Å². The molecule has 9 heteroatoms. The number of aromatic nitrogens is 2. The molecule has 170 valence electrons. The molecule has 0 saturated carbocycles. The molecule has 8 nitrogen and oxygen atoms in total. The summed E-state index contributed by atoms with van der Waals surface area (Å²) in [6, 6.07) is 10.7. The first-order valence-corrected chi connectivity index (χ1v) is 12.0. The quantitative estimate of drug-likeness (QED) is 0.567. The monoisotopic (exact) mass is 456 g/mol. The molecule has 4 rings (SSSR count). The first kappa shape index (κ1) is 22.3. The molecule has 0 spiro atoms. The Kier molecular flexibility index (Phi) is 5.72. The zero-order chi connectivity index (χ0) is 23.2. The number of furan rings is 1. The molecule has 2 unspecified atom stereocenters. The summed E-state index contributed by atoms with van der Waals surface area (Å²) < 4.78 is 34.7. The van der Waals surface area contributed by atoms with Crippen LogP contribution in [-0.4, -0.2) is 41.5 Å². The summed E-state index contributed by atoms with van der Waals surface area (Å²) in [7, 11) is -2.32. The second-order valence-electron chi connectivity index (χ2n) is 8.35. The summed E-state index contributed by atoms with van der Waals surface area (Å²) >= 11 is 0. The molecule has 0 radical (unpaired) electrons. The number of carbonyl (C=O) groups excluding carboxylic acids is 1. The van der Waals surface area contributed by atoms with E-state index < -0.39 is 16.1 Å². The molecule has 2 atom stereocenters. The van der Waals surface area contributed by atoms with Gasteiger partial charge in [-0.25, -0.2) is 8.42 Å². The summed E-state index contributed by atoms with van der Waals surface area (Å²) in [6.07, 6.45) is 2.30. The number of nitrogens with zero attached hydrogens (tertiary/aromatic N) is 4. The van der Waals surface area contributed by atoms with E-state index in [1.165, 1.54) is 22.3 Å². The highest BCUT2D eigenvalue weighted by atomic mass is 32.2. The lowest BCUT2D eigenvalue weighted by Crippen LogP contribution is -2.40. The van der Waals surface area contributed by atoms with E-state index in [2.05, 4.69) is 5.10 Å². The highest BCUT2D eigenvalue weighted by molar-refractivity contribution is 7.89. The minimum atomic E-state index is -3.83. The van der Waals surface area contributed by atoms with Crippen LogP contribution in [0, 0.1) is 13.8 Å². The Morgan fingerprint density at radius 2 is 1.97 bits per heavy atom. The molecular weight excluding hydrogens is 428 g/mol. The summed E-state index contributed by atoms with van der Waals surface area (Å²) in [5, 5.41) is 4.47. The van der Waals surface area contributed by atoms with Gasteiger partial charge in [0.2, 0.25) is 10.0 Å². The Hall–Kier alpha value is -2.91. The van der Waals surface area contributed by atoms with E-state index in [-0.39, 0.29) is 23.4 Å². The molecule has 0 N–H and O–H groups in total. The Bertz CT molecular complexity index is 1250. The summed E-state index contributed by atoms with van der Waals surface area (Å²) in [5.41, 5.74) is 2.85. The molecule has 32 heavy (non-hydrogen) atoms. The highest BCUT2D eigenvalue weighted by Gasteiger charge is 2.36. The smallest absolute Gasteiger partial charge is 0.251 e. The van der Waals surface area contributed by atoms with Crippen LogP contribution in [0.25, 0.3) is 0 Å². The van der Waals surface area contributed by atoms with Crippen molar-refractivity contribution < 1.29 is 17.6 Å². The Morgan fingerprint density at radius 3 is 2.66 bits per heavy atom. The van der Waals surface area contributed by atoms with E-state index in [0.717, 1.165) is 17.7 Å². The lowest BCUT2D eigenvalue weighted by Gasteiger charge is -2.26. The maximum absolute atomic E-state index is 13.5. The van der Waals surface area contributed by atoms with Crippen molar-refractivity contribution in [2.75, 3.05) is 11.9 Å². The second-order valence-corrected chi connectivity index (χ2v) is 10.3. The van der Waals surface area contributed by atoms with Crippen LogP contribution in [0.5, 0.6) is 0 Å². The molecule has 0 aliphatic carbocycles. The molecule has 1 amide bonds. The number of para-hydroxylation sites is 1. The minimum absolute atomic E-state index is 0.0296. The SMILES string of the molecule is Cc1nn(C(C)C(=O)N2c3ccccc3CC2C)c(C)c1S(=O)(=O)N(C)Cc1ccco1. The molecule has 0 bridgehead atoms. The third-order valence-electron chi connectivity index (χ3n) is 6.05. The van der Waals surface area contributed by atoms with Crippen LogP contribution in [0.1, 0.15) is 42.6 Å². The second kappa shape index (κ2) is 8.22. The number of amides is 1. The summed E-state index contributed by atoms with van der Waals surface area (Å²) in [5.74, 6) is 0.435. The van der Waals surface area contributed by atoms with Crippen molar-refractivity contribution in [2.45, 2.75) is 57.6 Å². The lowest BCUT2D eigenvalue weighted by atomic mass is 10.1. The predicted octanol–water partition coefficient (Wildman–Crippen LogP) is 3.45. The van der Waals surface area contributed by atoms with E-state index in [1.807, 2.05) is 31.2 Å². The average Bonchev–Trinajstić information content (AvgIpc) is 3.44. The van der Waals surface area contributed by atoms with Gasteiger partial charge in [-0.2, -0.15) is 9.40 Å². The van der Waals surface area contributed by atoms with Gasteiger partial charge in [0.25, 0.3) is 5.91 Å². The molecule has 1 aliphatic rings. The van der Waals surface area contributed by atoms with Crippen LogP contribution in [0.4, 0.5) is 5.69 Å². The van der Waals surface area contributed by atoms with Crippen molar-refractivity contribution in [3.05, 3.63) is 65.4 Å². The van der Waals surface area contributed by atoms with E-state index in [1.54, 1.807) is 37.8 Å². The third kappa shape index (κ3) is 3.65. The van der Waals surface area contributed by atoms with Crippen LogP contribution in [0.2, 0.25) is 0 Å². The number of carbonyl (C=O) groups is 1. The van der Waals surface area contributed by atoms with Gasteiger partial charge in [-0.05, 0) is 57.9 Å². The fourth-order valence-corrected chi connectivity index (χ4v) is 5.96. The van der Waals surface area contributed by atoms with E-state index in [4.69, 9.17) is 4.42 Å². The predicted molar refractivity (Wildman–Crippen MR) is 121 cm³/mol. The van der Waals surface area contributed by atoms with Gasteiger partial charge in [-0.3, -0.25) is 9.48 Å². The largest absolute Gasteiger partial charge is 0.468 e. The number of fused-ring (bicyclic) bond motifs is 1. The number of rotatable bonds is 6. The van der Waals surface area contributed by atoms with Crippen molar-refractivity contribution >= 4 is 21.6 Å². The molecular formula is C23H28N4O4S. The number of sulfonamides is 1. The minimum Gasteiger partial charge on any atom is -0.468 e. The van der Waals surface area contributed by atoms with E-state index in [0.29, 0.717) is 17.1 Å². The van der Waals surface area contributed by atoms with Crippen LogP contribution >= 0.6 is 0 Å². The number of hydrogen-bond acceptors (Lipinski definition) is 5. The Balaban J connectivity index is 1.65. The van der Waals surface area contributed by atoms with E-state index >= 15 is 0 Å². The molecule has 3 aromatic rings. The van der Waals surface area contributed by atoms with Gasteiger partial charge in [0.05, 0.1) is 24.2 Å². The van der Waals surface area contributed by atoms with Gasteiger partial charge in [0, 0.05) is 18.8 Å². The van der Waals surface area contributed by atoms with Gasteiger partial charge in [-0.1, -0.05) is 18.2 Å². The lowest BCUT2D eigenvalue weighted by molar-refractivity contribution is -0.121. The third-order valence-corrected chi connectivity index (χ3v) is 8.11. The molecule has 3 heterocycles. The van der Waals surface area contributed by atoms with Gasteiger partial charge < -0.3 is 9.32 Å². The highest BCUT2D eigenvalue weighted by Crippen LogP contribution is 2.34. The molecule has 0 saturated heterocycles. The molecule has 1 aliphatic heterocycles. The van der Waals surface area contributed by atoms with Crippen molar-refractivity contribution in [3.8, 4) is 0 Å². The van der Waals surface area contributed by atoms with Crippen molar-refractivity contribution in [3.63, 3.8) is 0 Å². The standard InChI is InChI=1S/C23H28N4O4S/c1-15-13-19-9-6-7-11-21(19)26(15)23(28)18(4)27-17(3)22(16(2)24-27)32(29,30)25(5)14-20-10-8-12-31-20/h6-12,15,18H,13-14H2,1-5H3. The first-order chi connectivity index (χ1) is 15.1. The zero-order valence-corrected chi connectivity index (χ0v) is 19.8. The summed E-state index contributed by atoms with van der Waals surface area (Å²) in [4.78, 5) is 15.4.